The first-order valence-electron chi connectivity index (χ1n) is 12.0. The van der Waals surface area contributed by atoms with Crippen molar-refractivity contribution in [1.29, 1.82) is 0 Å². The molecular weight excluding hydrogens is 556 g/mol. The average molecular weight is 582 g/mol. The Bertz CT molecular complexity index is 1500. The van der Waals surface area contributed by atoms with Crippen LogP contribution in [0.2, 0.25) is 0 Å². The van der Waals surface area contributed by atoms with E-state index in [2.05, 4.69) is 20.3 Å². The second-order valence-corrected chi connectivity index (χ2v) is 12.0. The molecule has 0 saturated heterocycles. The number of hydrogen-bond donors (Lipinski definition) is 4. The number of aliphatic hydroxyl groups is 1. The standard InChI is InChI=1S/C24H25F2N5O6S2/c1-12-16(21-15-3-2-4-28-22(15)24(25,26)10-37-21)7-19(38-12)20(33)17-9-27-11-29-23(17)31-14-5-13(18(32)6-14)8-30-39(34,35)36/h2-4,7,9,11,13-14,18,21,30,32H,5-6,8,10H2,1H3,(H,27,29,31)(H,34,35,36)/t13-,14-,18+,21+/m1/s1. The number of ketones is 1. The summed E-state index contributed by atoms with van der Waals surface area (Å²) in [5, 5.41) is 13.5. The van der Waals surface area contributed by atoms with Gasteiger partial charge in [-0.2, -0.15) is 21.9 Å². The maximum Gasteiger partial charge on any atom is 0.333 e. The number of nitrogens with one attached hydrogen (secondary N) is 2. The SMILES string of the molecule is Cc1sc(C(=O)c2cncnc2N[C@@H]2C[C@H](CNS(=O)(=O)O)[C@@H](O)C2)cc1[C@H]1OCC(F)(F)c2ncccc21. The number of pyridine rings is 1. The summed E-state index contributed by atoms with van der Waals surface area (Å²) in [6.07, 6.45) is 2.95. The molecule has 3 aromatic rings. The highest BCUT2D eigenvalue weighted by Gasteiger charge is 2.44. The highest BCUT2D eigenvalue weighted by atomic mass is 32.2. The normalized spacial score (nSPS) is 24.3. The van der Waals surface area contributed by atoms with Crippen LogP contribution in [0.5, 0.6) is 0 Å². The predicted octanol–water partition coefficient (Wildman–Crippen LogP) is 2.63. The van der Waals surface area contributed by atoms with Crippen molar-refractivity contribution in [2.24, 2.45) is 5.92 Å². The molecule has 4 N–H and O–H groups in total. The van der Waals surface area contributed by atoms with Crippen molar-refractivity contribution in [1.82, 2.24) is 19.7 Å². The fourth-order valence-electron chi connectivity index (χ4n) is 5.00. The van der Waals surface area contributed by atoms with Crippen LogP contribution in [0.25, 0.3) is 0 Å². The van der Waals surface area contributed by atoms with E-state index in [1.807, 2.05) is 4.72 Å². The van der Waals surface area contributed by atoms with Crippen molar-refractivity contribution < 1.29 is 36.4 Å². The Morgan fingerprint density at radius 3 is 2.85 bits per heavy atom. The summed E-state index contributed by atoms with van der Waals surface area (Å²) in [5.74, 6) is -3.81. The topological polar surface area (TPSA) is 164 Å². The molecule has 0 amide bonds. The molecule has 4 atom stereocenters. The van der Waals surface area contributed by atoms with Crippen LogP contribution in [0.4, 0.5) is 14.6 Å². The monoisotopic (exact) mass is 581 g/mol. The van der Waals surface area contributed by atoms with Gasteiger partial charge in [0.15, 0.2) is 0 Å². The van der Waals surface area contributed by atoms with Gasteiger partial charge in [-0.25, -0.2) is 9.97 Å². The molecular formula is C24H25F2N5O6S2. The van der Waals surface area contributed by atoms with Crippen LogP contribution in [0.15, 0.2) is 36.9 Å². The number of alkyl halides is 2. The molecule has 39 heavy (non-hydrogen) atoms. The van der Waals surface area contributed by atoms with E-state index in [0.29, 0.717) is 16.9 Å². The zero-order chi connectivity index (χ0) is 27.9. The maximum absolute atomic E-state index is 14.4. The van der Waals surface area contributed by atoms with Crippen LogP contribution in [0.1, 0.15) is 55.9 Å². The molecule has 1 aliphatic carbocycles. The second-order valence-electron chi connectivity index (χ2n) is 9.54. The van der Waals surface area contributed by atoms with Crippen LogP contribution in [0.3, 0.4) is 0 Å². The number of nitrogens with zero attached hydrogens (tertiary/aromatic N) is 3. The van der Waals surface area contributed by atoms with Gasteiger partial charge in [0.05, 0.1) is 16.5 Å². The van der Waals surface area contributed by atoms with Crippen molar-refractivity contribution in [3.8, 4) is 0 Å². The minimum Gasteiger partial charge on any atom is -0.393 e. The number of fused-ring (bicyclic) bond motifs is 1. The van der Waals surface area contributed by atoms with Gasteiger partial charge in [0.2, 0.25) is 5.78 Å². The Morgan fingerprint density at radius 2 is 2.08 bits per heavy atom. The molecule has 1 saturated carbocycles. The Kier molecular flexibility index (Phi) is 7.47. The molecule has 1 aliphatic heterocycles. The number of carbonyl (C=O) groups excluding carboxylic acids is 1. The lowest BCUT2D eigenvalue weighted by atomic mass is 9.95. The van der Waals surface area contributed by atoms with E-state index in [0.717, 1.165) is 4.88 Å². The van der Waals surface area contributed by atoms with Gasteiger partial charge >= 0.3 is 16.2 Å². The predicted molar refractivity (Wildman–Crippen MR) is 136 cm³/mol. The molecule has 15 heteroatoms. The summed E-state index contributed by atoms with van der Waals surface area (Å²) in [7, 11) is -4.39. The summed E-state index contributed by atoms with van der Waals surface area (Å²) in [6, 6.07) is 4.41. The van der Waals surface area contributed by atoms with Crippen molar-refractivity contribution in [2.45, 2.75) is 43.9 Å². The minimum atomic E-state index is -4.39. The van der Waals surface area contributed by atoms with Crippen LogP contribution in [-0.2, 0) is 21.0 Å². The first-order valence-corrected chi connectivity index (χ1v) is 14.2. The highest BCUT2D eigenvalue weighted by Crippen LogP contribution is 2.44. The molecule has 3 aromatic heterocycles. The quantitative estimate of drug-likeness (QED) is 0.230. The second kappa shape index (κ2) is 10.6. The Hall–Kier alpha value is -2.95. The molecule has 2 aliphatic rings. The molecule has 0 spiro atoms. The number of anilines is 1. The summed E-state index contributed by atoms with van der Waals surface area (Å²) in [5.41, 5.74) is 0.674. The number of aromatic nitrogens is 3. The maximum atomic E-state index is 14.4. The van der Waals surface area contributed by atoms with E-state index in [9.17, 15) is 27.1 Å². The first-order chi connectivity index (χ1) is 18.4. The van der Waals surface area contributed by atoms with E-state index in [1.54, 1.807) is 25.1 Å². The number of rotatable bonds is 8. The van der Waals surface area contributed by atoms with Gasteiger partial charge in [-0.05, 0) is 37.5 Å². The van der Waals surface area contributed by atoms with E-state index in [1.165, 1.54) is 30.1 Å². The van der Waals surface area contributed by atoms with Crippen molar-refractivity contribution >= 4 is 33.2 Å². The van der Waals surface area contributed by atoms with Crippen LogP contribution >= 0.6 is 11.3 Å². The highest BCUT2D eigenvalue weighted by molar-refractivity contribution is 7.83. The average Bonchev–Trinajstić information content (AvgIpc) is 3.44. The fourth-order valence-corrected chi connectivity index (χ4v) is 6.42. The number of thiophene rings is 1. The van der Waals surface area contributed by atoms with Gasteiger partial charge in [0.1, 0.15) is 30.5 Å². The third kappa shape index (κ3) is 5.83. The molecule has 0 unspecified atom stereocenters. The molecule has 0 aromatic carbocycles. The number of hydrogen-bond acceptors (Lipinski definition) is 10. The number of carbonyl (C=O) groups is 1. The lowest BCUT2D eigenvalue weighted by Gasteiger charge is -2.30. The van der Waals surface area contributed by atoms with Crippen LogP contribution in [0, 0.1) is 12.8 Å². The van der Waals surface area contributed by atoms with E-state index >= 15 is 0 Å². The largest absolute Gasteiger partial charge is 0.393 e. The summed E-state index contributed by atoms with van der Waals surface area (Å²) in [6.45, 7) is 0.817. The Balaban J connectivity index is 1.36. The molecule has 208 valence electrons. The number of ether oxygens (including phenoxy) is 1. The van der Waals surface area contributed by atoms with Gasteiger partial charge in [-0.15, -0.1) is 11.3 Å². The number of halogens is 2. The zero-order valence-electron chi connectivity index (χ0n) is 20.5. The lowest BCUT2D eigenvalue weighted by molar-refractivity contribution is -0.119. The van der Waals surface area contributed by atoms with Crippen LogP contribution in [-0.4, -0.2) is 64.1 Å². The molecule has 5 rings (SSSR count). The molecule has 0 radical (unpaired) electrons. The van der Waals surface area contributed by atoms with Crippen molar-refractivity contribution in [3.63, 3.8) is 0 Å². The summed E-state index contributed by atoms with van der Waals surface area (Å²) < 4.78 is 67.2. The summed E-state index contributed by atoms with van der Waals surface area (Å²) in [4.78, 5) is 26.7. The van der Waals surface area contributed by atoms with E-state index < -0.39 is 41.0 Å². The van der Waals surface area contributed by atoms with Gasteiger partial charge < -0.3 is 15.2 Å². The Labute approximate surface area is 226 Å². The van der Waals surface area contributed by atoms with Crippen LogP contribution < -0.4 is 10.0 Å². The van der Waals surface area contributed by atoms with E-state index in [-0.39, 0.29) is 47.4 Å². The van der Waals surface area contributed by atoms with Crippen molar-refractivity contribution in [2.75, 3.05) is 18.5 Å². The third-order valence-corrected chi connectivity index (χ3v) is 8.44. The molecule has 4 heterocycles. The summed E-state index contributed by atoms with van der Waals surface area (Å²) >= 11 is 1.20. The minimum absolute atomic E-state index is 0.140. The number of aryl methyl sites for hydroxylation is 1. The van der Waals surface area contributed by atoms with E-state index in [4.69, 9.17) is 9.29 Å². The third-order valence-electron chi connectivity index (χ3n) is 6.84. The van der Waals surface area contributed by atoms with Gasteiger partial charge in [-0.1, -0.05) is 6.07 Å². The lowest BCUT2D eigenvalue weighted by Crippen LogP contribution is -2.32. The molecule has 0 bridgehead atoms. The van der Waals surface area contributed by atoms with Crippen molar-refractivity contribution in [3.05, 3.63) is 69.1 Å². The molecule has 11 nitrogen and oxygen atoms in total. The fraction of sp³-hybridized carbons (Fsp3) is 0.417. The Morgan fingerprint density at radius 1 is 1.28 bits per heavy atom. The first kappa shape index (κ1) is 27.6. The number of aliphatic hydroxyl groups excluding tert-OH is 1. The van der Waals surface area contributed by atoms with Gasteiger partial charge in [-0.3, -0.25) is 14.3 Å². The zero-order valence-corrected chi connectivity index (χ0v) is 22.2. The smallest absolute Gasteiger partial charge is 0.333 e. The van der Waals surface area contributed by atoms with Gasteiger partial charge in [0, 0.05) is 41.3 Å². The van der Waals surface area contributed by atoms with Gasteiger partial charge in [0.25, 0.3) is 0 Å². The molecule has 1 fully saturated rings.